The summed E-state index contributed by atoms with van der Waals surface area (Å²) in [6.45, 7) is 7.08. The Hall–Kier alpha value is -3.08. The van der Waals surface area contributed by atoms with E-state index in [1.807, 2.05) is 13.0 Å². The Morgan fingerprint density at radius 3 is 2.30 bits per heavy atom. The van der Waals surface area contributed by atoms with E-state index in [0.717, 1.165) is 5.56 Å². The van der Waals surface area contributed by atoms with Crippen molar-refractivity contribution in [1.82, 2.24) is 0 Å². The van der Waals surface area contributed by atoms with Crippen molar-refractivity contribution in [3.8, 4) is 22.8 Å². The minimum atomic E-state index is -0.759. The number of hydrogen-bond acceptors (Lipinski definition) is 5. The molecule has 0 aliphatic heterocycles. The Kier molecular flexibility index (Phi) is 4.79. The van der Waals surface area contributed by atoms with Crippen LogP contribution in [-0.4, -0.2) is 13.1 Å². The molecule has 0 saturated carbocycles. The fourth-order valence-electron chi connectivity index (χ4n) is 2.56. The number of methoxy groups -OCH3 is 1. The van der Waals surface area contributed by atoms with Gasteiger partial charge in [0.1, 0.15) is 11.3 Å². The van der Waals surface area contributed by atoms with Crippen LogP contribution in [0.3, 0.4) is 0 Å². The van der Waals surface area contributed by atoms with Crippen LogP contribution in [0.5, 0.6) is 11.5 Å². The molecule has 140 valence electrons. The van der Waals surface area contributed by atoms with Gasteiger partial charge < -0.3 is 13.9 Å². The molecule has 2 aromatic carbocycles. The normalized spacial score (nSPS) is 11.4. The van der Waals surface area contributed by atoms with Gasteiger partial charge >= 0.3 is 5.97 Å². The Bertz CT molecular complexity index is 1050. The maximum absolute atomic E-state index is 13.1. The van der Waals surface area contributed by atoms with Crippen LogP contribution in [-0.2, 0) is 4.79 Å². The van der Waals surface area contributed by atoms with Gasteiger partial charge in [0.15, 0.2) is 5.76 Å². The Labute approximate surface area is 157 Å². The van der Waals surface area contributed by atoms with Gasteiger partial charge in [-0.2, -0.15) is 0 Å². The van der Waals surface area contributed by atoms with Gasteiger partial charge in [-0.05, 0) is 64.1 Å². The molecule has 0 spiro atoms. The average molecular weight is 366 g/mol. The third kappa shape index (κ3) is 3.72. The highest BCUT2D eigenvalue weighted by atomic mass is 16.5. The number of esters is 1. The second-order valence-corrected chi connectivity index (χ2v) is 7.46. The van der Waals surface area contributed by atoms with Crippen LogP contribution in [0.15, 0.2) is 51.7 Å². The van der Waals surface area contributed by atoms with Crippen LogP contribution in [0, 0.1) is 12.3 Å². The molecule has 0 radical (unpaired) electrons. The molecule has 5 nitrogen and oxygen atoms in total. The van der Waals surface area contributed by atoms with Crippen LogP contribution in [0.2, 0.25) is 0 Å². The lowest BCUT2D eigenvalue weighted by molar-refractivity contribution is -0.143. The first kappa shape index (κ1) is 18.7. The molecular weight excluding hydrogens is 344 g/mol. The second kappa shape index (κ2) is 6.91. The van der Waals surface area contributed by atoms with Gasteiger partial charge in [-0.25, -0.2) is 0 Å². The molecule has 5 heteroatoms. The van der Waals surface area contributed by atoms with Gasteiger partial charge in [-0.3, -0.25) is 9.59 Å². The summed E-state index contributed by atoms with van der Waals surface area (Å²) < 4.78 is 16.7. The molecule has 0 atom stereocenters. The monoisotopic (exact) mass is 366 g/mol. The highest BCUT2D eigenvalue weighted by molar-refractivity contribution is 5.85. The van der Waals surface area contributed by atoms with Crippen molar-refractivity contribution < 1.29 is 18.7 Å². The molecule has 0 aliphatic carbocycles. The van der Waals surface area contributed by atoms with E-state index in [1.54, 1.807) is 64.3 Å². The number of ether oxygens (including phenoxy) is 2. The van der Waals surface area contributed by atoms with E-state index in [-0.39, 0.29) is 16.9 Å². The summed E-state index contributed by atoms with van der Waals surface area (Å²) in [5, 5.41) is 0.379. The van der Waals surface area contributed by atoms with Gasteiger partial charge in [0.25, 0.3) is 0 Å². The first-order chi connectivity index (χ1) is 12.7. The first-order valence-corrected chi connectivity index (χ1v) is 8.65. The lowest BCUT2D eigenvalue weighted by Gasteiger charge is -2.17. The molecule has 0 bridgehead atoms. The van der Waals surface area contributed by atoms with Gasteiger partial charge in [0.05, 0.1) is 17.9 Å². The lowest BCUT2D eigenvalue weighted by atomic mass is 9.97. The van der Waals surface area contributed by atoms with Crippen LogP contribution in [0.25, 0.3) is 22.3 Å². The van der Waals surface area contributed by atoms with E-state index in [0.29, 0.717) is 22.3 Å². The highest BCUT2D eigenvalue weighted by Gasteiger charge is 2.28. The fourth-order valence-corrected chi connectivity index (χ4v) is 2.56. The second-order valence-electron chi connectivity index (χ2n) is 7.46. The van der Waals surface area contributed by atoms with Crippen molar-refractivity contribution >= 4 is 16.9 Å². The zero-order chi connectivity index (χ0) is 19.8. The molecule has 0 N–H and O–H groups in total. The average Bonchev–Trinajstić information content (AvgIpc) is 2.63. The van der Waals surface area contributed by atoms with E-state index >= 15 is 0 Å². The van der Waals surface area contributed by atoms with Crippen molar-refractivity contribution in [3.63, 3.8) is 0 Å². The van der Waals surface area contributed by atoms with Crippen molar-refractivity contribution in [3.05, 3.63) is 58.3 Å². The SMILES string of the molecule is COc1ccc(-c2oc3ccc(C)cc3c(=O)c2OC(=O)C(C)(C)C)cc1. The van der Waals surface area contributed by atoms with Crippen LogP contribution in [0.1, 0.15) is 26.3 Å². The van der Waals surface area contributed by atoms with Gasteiger partial charge in [0, 0.05) is 5.56 Å². The van der Waals surface area contributed by atoms with Crippen molar-refractivity contribution in [1.29, 1.82) is 0 Å². The molecule has 0 saturated heterocycles. The van der Waals surface area contributed by atoms with E-state index in [9.17, 15) is 9.59 Å². The maximum Gasteiger partial charge on any atom is 0.316 e. The Morgan fingerprint density at radius 2 is 1.70 bits per heavy atom. The summed E-state index contributed by atoms with van der Waals surface area (Å²) in [6.07, 6.45) is 0. The maximum atomic E-state index is 13.1. The molecular formula is C22H22O5. The third-order valence-corrected chi connectivity index (χ3v) is 4.16. The highest BCUT2D eigenvalue weighted by Crippen LogP contribution is 2.33. The Balaban J connectivity index is 2.25. The number of carbonyl (C=O) groups is 1. The first-order valence-electron chi connectivity index (χ1n) is 8.65. The Morgan fingerprint density at radius 1 is 1.04 bits per heavy atom. The van der Waals surface area contributed by atoms with E-state index < -0.39 is 11.4 Å². The van der Waals surface area contributed by atoms with Crippen LogP contribution in [0.4, 0.5) is 0 Å². The van der Waals surface area contributed by atoms with Crippen molar-refractivity contribution in [2.75, 3.05) is 7.11 Å². The summed E-state index contributed by atoms with van der Waals surface area (Å²) in [6, 6.07) is 12.4. The molecule has 0 aliphatic rings. The molecule has 3 rings (SSSR count). The zero-order valence-electron chi connectivity index (χ0n) is 16.1. The minimum absolute atomic E-state index is 0.0989. The fraction of sp³-hybridized carbons (Fsp3) is 0.273. The number of benzene rings is 2. The molecule has 3 aromatic rings. The molecule has 1 heterocycles. The summed E-state index contributed by atoms with van der Waals surface area (Å²) >= 11 is 0. The summed E-state index contributed by atoms with van der Waals surface area (Å²) in [5.41, 5.74) is 0.841. The van der Waals surface area contributed by atoms with Gasteiger partial charge in [0.2, 0.25) is 11.2 Å². The zero-order valence-corrected chi connectivity index (χ0v) is 16.1. The number of rotatable bonds is 3. The van der Waals surface area contributed by atoms with Gasteiger partial charge in [-0.1, -0.05) is 11.6 Å². The predicted molar refractivity (Wildman–Crippen MR) is 104 cm³/mol. The predicted octanol–water partition coefficient (Wildman–Crippen LogP) is 4.73. The van der Waals surface area contributed by atoms with Crippen molar-refractivity contribution in [2.24, 2.45) is 5.41 Å². The largest absolute Gasteiger partial charge is 0.497 e. The molecule has 27 heavy (non-hydrogen) atoms. The summed E-state index contributed by atoms with van der Waals surface area (Å²) in [7, 11) is 1.57. The number of hydrogen-bond donors (Lipinski definition) is 0. The topological polar surface area (TPSA) is 65.7 Å². The number of carbonyl (C=O) groups excluding carboxylic acids is 1. The number of fused-ring (bicyclic) bond motifs is 1. The van der Waals surface area contributed by atoms with Gasteiger partial charge in [-0.15, -0.1) is 0 Å². The van der Waals surface area contributed by atoms with E-state index in [4.69, 9.17) is 13.9 Å². The molecule has 0 unspecified atom stereocenters. The molecule has 0 amide bonds. The molecule has 1 aromatic heterocycles. The summed E-state index contributed by atoms with van der Waals surface area (Å²) in [5.74, 6) is 0.289. The molecule has 0 fully saturated rings. The third-order valence-electron chi connectivity index (χ3n) is 4.16. The quantitative estimate of drug-likeness (QED) is 0.627. The van der Waals surface area contributed by atoms with Crippen LogP contribution >= 0.6 is 0 Å². The standard InChI is InChI=1S/C22H22O5/c1-13-6-11-17-16(12-13)18(23)20(27-21(24)22(2,3)4)19(26-17)14-7-9-15(25-5)10-8-14/h6-12H,1-5H3. The smallest absolute Gasteiger partial charge is 0.316 e. The van der Waals surface area contributed by atoms with Crippen molar-refractivity contribution in [2.45, 2.75) is 27.7 Å². The minimum Gasteiger partial charge on any atom is -0.497 e. The van der Waals surface area contributed by atoms with E-state index in [2.05, 4.69) is 0 Å². The van der Waals surface area contributed by atoms with Crippen LogP contribution < -0.4 is 14.9 Å². The number of aryl methyl sites for hydroxylation is 1. The summed E-state index contributed by atoms with van der Waals surface area (Å²) in [4.78, 5) is 25.5. The lowest BCUT2D eigenvalue weighted by Crippen LogP contribution is -2.28. The van der Waals surface area contributed by atoms with E-state index in [1.165, 1.54) is 0 Å².